The average Bonchev–Trinajstić information content (AvgIpc) is 1.88. The van der Waals surface area contributed by atoms with Crippen molar-refractivity contribution >= 4 is 11.8 Å². The van der Waals surface area contributed by atoms with Gasteiger partial charge in [0.15, 0.2) is 0 Å². The van der Waals surface area contributed by atoms with E-state index >= 15 is 0 Å². The lowest BCUT2D eigenvalue weighted by Gasteiger charge is -2.21. The Bertz CT molecular complexity index is 87.3. The maximum absolute atomic E-state index is 9.10. The van der Waals surface area contributed by atoms with E-state index < -0.39 is 0 Å². The summed E-state index contributed by atoms with van der Waals surface area (Å²) in [4.78, 5) is 0. The molecule has 0 amide bonds. The van der Waals surface area contributed by atoms with E-state index in [9.17, 15) is 0 Å². The van der Waals surface area contributed by atoms with Crippen LogP contribution in [0.1, 0.15) is 26.2 Å². The molecule has 0 aromatic heterocycles. The Hall–Kier alpha value is 0.310. The van der Waals surface area contributed by atoms with Gasteiger partial charge >= 0.3 is 0 Å². The Morgan fingerprint density at radius 3 is 3.00 bits per heavy atom. The van der Waals surface area contributed by atoms with E-state index in [0.29, 0.717) is 0 Å². The third kappa shape index (κ3) is 2.93. The van der Waals surface area contributed by atoms with Crippen molar-refractivity contribution in [1.29, 1.82) is 0 Å². The van der Waals surface area contributed by atoms with Gasteiger partial charge in [-0.1, -0.05) is 0 Å². The van der Waals surface area contributed by atoms with Gasteiger partial charge in [-0.3, -0.25) is 0 Å². The first kappa shape index (κ1) is 8.41. The second-order valence-corrected chi connectivity index (χ2v) is 4.32. The van der Waals surface area contributed by atoms with Gasteiger partial charge in [0.1, 0.15) is 0 Å². The molecule has 10 heavy (non-hydrogen) atoms. The lowest BCUT2D eigenvalue weighted by Crippen LogP contribution is -2.15. The molecule has 0 spiro atoms. The van der Waals surface area contributed by atoms with Crippen LogP contribution in [0.25, 0.3) is 0 Å². The molecular weight excluding hydrogens is 144 g/mol. The van der Waals surface area contributed by atoms with Crippen LogP contribution in [0.3, 0.4) is 0 Å². The van der Waals surface area contributed by atoms with Crippen LogP contribution in [0.2, 0.25) is 0 Å². The van der Waals surface area contributed by atoms with Crippen LogP contribution >= 0.6 is 11.8 Å². The van der Waals surface area contributed by atoms with Gasteiger partial charge < -0.3 is 5.11 Å². The van der Waals surface area contributed by atoms with Crippen LogP contribution in [-0.4, -0.2) is 22.7 Å². The molecule has 1 unspecified atom stereocenters. The molecule has 0 aromatic carbocycles. The molecule has 0 aromatic rings. The van der Waals surface area contributed by atoms with E-state index in [0.717, 1.165) is 12.3 Å². The summed E-state index contributed by atoms with van der Waals surface area (Å²) in [6.45, 7) is 1.89. The lowest BCUT2D eigenvalue weighted by molar-refractivity contribution is 0.162. The Labute approximate surface area is 67.2 Å². The monoisotopic (exact) mass is 160 g/mol. The average molecular weight is 160 g/mol. The van der Waals surface area contributed by atoms with Crippen molar-refractivity contribution in [3.8, 4) is 0 Å². The Balaban J connectivity index is 2.13. The zero-order chi connectivity index (χ0) is 7.40. The molecule has 2 atom stereocenters. The van der Waals surface area contributed by atoms with Crippen LogP contribution in [0.15, 0.2) is 0 Å². The van der Waals surface area contributed by atoms with E-state index in [1.807, 2.05) is 18.7 Å². The molecule has 0 bridgehead atoms. The molecule has 1 saturated heterocycles. The molecule has 1 nitrogen and oxygen atoms in total. The second kappa shape index (κ2) is 4.24. The highest BCUT2D eigenvalue weighted by atomic mass is 32.2. The number of thioether (sulfide) groups is 1. The fourth-order valence-electron chi connectivity index (χ4n) is 1.48. The topological polar surface area (TPSA) is 20.2 Å². The van der Waals surface area contributed by atoms with Crippen molar-refractivity contribution in [1.82, 2.24) is 0 Å². The smallest absolute Gasteiger partial charge is 0.0515 e. The van der Waals surface area contributed by atoms with Crippen molar-refractivity contribution in [3.05, 3.63) is 0 Å². The minimum absolute atomic E-state index is 0.0938. The summed E-state index contributed by atoms with van der Waals surface area (Å²) in [5, 5.41) is 9.10. The molecule has 0 saturated carbocycles. The normalized spacial score (nSPS) is 30.0. The molecule has 60 valence electrons. The van der Waals surface area contributed by atoms with Crippen LogP contribution < -0.4 is 0 Å². The van der Waals surface area contributed by atoms with Crippen molar-refractivity contribution in [2.24, 2.45) is 5.92 Å². The van der Waals surface area contributed by atoms with E-state index in [2.05, 4.69) is 0 Å². The summed E-state index contributed by atoms with van der Waals surface area (Å²) < 4.78 is 0. The molecule has 1 aliphatic rings. The number of aliphatic hydroxyl groups excluding tert-OH is 1. The molecule has 1 N–H and O–H groups in total. The maximum Gasteiger partial charge on any atom is 0.0515 e. The molecule has 1 fully saturated rings. The van der Waals surface area contributed by atoms with Crippen molar-refractivity contribution < 1.29 is 5.11 Å². The van der Waals surface area contributed by atoms with E-state index in [1.165, 1.54) is 24.3 Å². The van der Waals surface area contributed by atoms with E-state index in [4.69, 9.17) is 5.11 Å². The van der Waals surface area contributed by atoms with Gasteiger partial charge in [0, 0.05) is 0 Å². The molecule has 0 aliphatic carbocycles. The lowest BCUT2D eigenvalue weighted by atomic mass is 9.99. The summed E-state index contributed by atoms with van der Waals surface area (Å²) in [5.74, 6) is 3.39. The highest BCUT2D eigenvalue weighted by Crippen LogP contribution is 2.25. The third-order valence-corrected chi connectivity index (χ3v) is 3.21. The van der Waals surface area contributed by atoms with Gasteiger partial charge in [0.05, 0.1) is 6.10 Å². The maximum atomic E-state index is 9.10. The van der Waals surface area contributed by atoms with Crippen molar-refractivity contribution in [2.45, 2.75) is 32.3 Å². The SMILES string of the molecule is C[C@@H](O)CC1CCCSC1. The standard InChI is InChI=1S/C8H16OS/c1-7(9)5-8-3-2-4-10-6-8/h7-9H,2-6H2,1H3/t7-,8?/m1/s1. The Morgan fingerprint density at radius 2 is 2.50 bits per heavy atom. The first-order valence-electron chi connectivity index (χ1n) is 4.05. The summed E-state index contributed by atoms with van der Waals surface area (Å²) in [7, 11) is 0. The highest BCUT2D eigenvalue weighted by molar-refractivity contribution is 7.99. The van der Waals surface area contributed by atoms with Crippen LogP contribution in [-0.2, 0) is 0 Å². The van der Waals surface area contributed by atoms with Gasteiger partial charge in [0.25, 0.3) is 0 Å². The fraction of sp³-hybridized carbons (Fsp3) is 1.00. The number of hydrogen-bond donors (Lipinski definition) is 1. The summed E-state index contributed by atoms with van der Waals surface area (Å²) in [5.41, 5.74) is 0. The van der Waals surface area contributed by atoms with Crippen molar-refractivity contribution in [2.75, 3.05) is 11.5 Å². The first-order chi connectivity index (χ1) is 4.79. The zero-order valence-corrected chi connectivity index (χ0v) is 7.36. The Morgan fingerprint density at radius 1 is 1.70 bits per heavy atom. The van der Waals surface area contributed by atoms with Crippen LogP contribution in [0, 0.1) is 5.92 Å². The molecule has 1 aliphatic heterocycles. The van der Waals surface area contributed by atoms with E-state index in [1.54, 1.807) is 0 Å². The van der Waals surface area contributed by atoms with Crippen molar-refractivity contribution in [3.63, 3.8) is 0 Å². The summed E-state index contributed by atoms with van der Waals surface area (Å²) >= 11 is 2.03. The fourth-order valence-corrected chi connectivity index (χ4v) is 2.65. The quantitative estimate of drug-likeness (QED) is 0.666. The van der Waals surface area contributed by atoms with Gasteiger partial charge in [-0.05, 0) is 43.6 Å². The predicted molar refractivity (Wildman–Crippen MR) is 46.3 cm³/mol. The Kier molecular flexibility index (Phi) is 3.57. The first-order valence-corrected chi connectivity index (χ1v) is 5.20. The molecule has 1 rings (SSSR count). The molecule has 0 radical (unpaired) electrons. The van der Waals surface area contributed by atoms with Gasteiger partial charge in [-0.25, -0.2) is 0 Å². The molecular formula is C8H16OS. The largest absolute Gasteiger partial charge is 0.393 e. The zero-order valence-electron chi connectivity index (χ0n) is 6.55. The van der Waals surface area contributed by atoms with E-state index in [-0.39, 0.29) is 6.10 Å². The minimum atomic E-state index is -0.0938. The van der Waals surface area contributed by atoms with Crippen LogP contribution in [0.4, 0.5) is 0 Å². The second-order valence-electron chi connectivity index (χ2n) is 3.17. The minimum Gasteiger partial charge on any atom is -0.393 e. The predicted octanol–water partition coefficient (Wildman–Crippen LogP) is 1.90. The van der Waals surface area contributed by atoms with Gasteiger partial charge in [0.2, 0.25) is 0 Å². The van der Waals surface area contributed by atoms with Crippen LogP contribution in [0.5, 0.6) is 0 Å². The van der Waals surface area contributed by atoms with Gasteiger partial charge in [-0.15, -0.1) is 0 Å². The number of aliphatic hydroxyl groups is 1. The number of hydrogen-bond acceptors (Lipinski definition) is 2. The third-order valence-electron chi connectivity index (χ3n) is 1.93. The summed E-state index contributed by atoms with van der Waals surface area (Å²) in [6.07, 6.45) is 3.59. The molecule has 2 heteroatoms. The molecule has 1 heterocycles. The number of rotatable bonds is 2. The highest BCUT2D eigenvalue weighted by Gasteiger charge is 2.14. The summed E-state index contributed by atoms with van der Waals surface area (Å²) in [6, 6.07) is 0. The van der Waals surface area contributed by atoms with Gasteiger partial charge in [-0.2, -0.15) is 11.8 Å².